The maximum atomic E-state index is 12.8. The first kappa shape index (κ1) is 20.8. The number of thiazole rings is 1. The third-order valence-electron chi connectivity index (χ3n) is 5.07. The van der Waals surface area contributed by atoms with E-state index in [1.54, 1.807) is 43.3 Å². The van der Waals surface area contributed by atoms with Crippen LogP contribution in [0.25, 0.3) is 33.7 Å². The lowest BCUT2D eigenvalue weighted by molar-refractivity contribution is 0.0526. The fourth-order valence-electron chi connectivity index (χ4n) is 3.36. The van der Waals surface area contributed by atoms with Crippen LogP contribution in [0.1, 0.15) is 28.6 Å². The summed E-state index contributed by atoms with van der Waals surface area (Å²) in [4.78, 5) is 29.7. The zero-order valence-corrected chi connectivity index (χ0v) is 18.8. The lowest BCUT2D eigenvalue weighted by Crippen LogP contribution is -2.23. The highest BCUT2D eigenvalue weighted by Crippen LogP contribution is 2.23. The molecule has 0 aliphatic carbocycles. The van der Waals surface area contributed by atoms with Gasteiger partial charge in [0.25, 0.3) is 5.56 Å². The van der Waals surface area contributed by atoms with Crippen molar-refractivity contribution >= 4 is 28.3 Å². The molecule has 0 aliphatic rings. The van der Waals surface area contributed by atoms with Crippen LogP contribution in [-0.4, -0.2) is 27.2 Å². The Morgan fingerprint density at radius 3 is 2.48 bits per heavy atom. The molecule has 0 saturated heterocycles. The molecule has 0 radical (unpaired) electrons. The molecule has 0 aliphatic heterocycles. The van der Waals surface area contributed by atoms with Crippen molar-refractivity contribution in [2.45, 2.75) is 13.8 Å². The van der Waals surface area contributed by atoms with Gasteiger partial charge in [0.15, 0.2) is 5.82 Å². The molecule has 2 aromatic carbocycles. The third-order valence-corrected chi connectivity index (χ3v) is 6.03. The van der Waals surface area contributed by atoms with Gasteiger partial charge in [-0.1, -0.05) is 53.3 Å². The minimum atomic E-state index is -0.359. The highest BCUT2D eigenvalue weighted by atomic mass is 32.1. The molecule has 7 nitrogen and oxygen atoms in total. The molecule has 0 fully saturated rings. The summed E-state index contributed by atoms with van der Waals surface area (Å²) >= 11 is 1.26. The van der Waals surface area contributed by atoms with Crippen LogP contribution in [0.3, 0.4) is 0 Å². The Balaban J connectivity index is 1.42. The molecule has 3 heterocycles. The van der Waals surface area contributed by atoms with Crippen molar-refractivity contribution in [2.75, 3.05) is 6.61 Å². The smallest absolute Gasteiger partial charge is 0.338 e. The quantitative estimate of drug-likeness (QED) is 0.369. The minimum Gasteiger partial charge on any atom is -0.462 e. The fourth-order valence-corrected chi connectivity index (χ4v) is 4.25. The summed E-state index contributed by atoms with van der Waals surface area (Å²) in [6, 6.07) is 18.4. The molecule has 0 spiro atoms. The lowest BCUT2D eigenvalue weighted by atomic mass is 10.1. The molecule has 8 heteroatoms. The first-order valence-corrected chi connectivity index (χ1v) is 11.2. The highest BCUT2D eigenvalue weighted by molar-refractivity contribution is 7.15. The normalized spacial score (nSPS) is 11.9. The number of hydrogen-bond donors (Lipinski definition) is 0. The predicted molar refractivity (Wildman–Crippen MR) is 126 cm³/mol. The van der Waals surface area contributed by atoms with Gasteiger partial charge in [0.05, 0.1) is 12.2 Å². The van der Waals surface area contributed by atoms with Gasteiger partial charge in [0, 0.05) is 17.2 Å². The van der Waals surface area contributed by atoms with E-state index in [2.05, 4.69) is 10.1 Å². The zero-order valence-electron chi connectivity index (χ0n) is 17.9. The SMILES string of the molecule is CCOC(=O)c1ccc(-c2ccc(C=c3sc4nc(-c5ccc(C)cc5)nn4c3=O)o2)cc1. The van der Waals surface area contributed by atoms with Gasteiger partial charge < -0.3 is 9.15 Å². The number of ether oxygens (including phenoxy) is 1. The molecule has 0 atom stereocenters. The second-order valence-electron chi connectivity index (χ2n) is 7.41. The van der Waals surface area contributed by atoms with Crippen LogP contribution in [0.2, 0.25) is 0 Å². The van der Waals surface area contributed by atoms with Crippen molar-refractivity contribution in [3.05, 3.63) is 92.4 Å². The van der Waals surface area contributed by atoms with Crippen molar-refractivity contribution in [3.63, 3.8) is 0 Å². The van der Waals surface area contributed by atoms with Crippen LogP contribution in [-0.2, 0) is 4.74 Å². The van der Waals surface area contributed by atoms with Gasteiger partial charge in [-0.15, -0.1) is 5.10 Å². The first-order valence-electron chi connectivity index (χ1n) is 10.4. The standard InChI is InChI=1S/C25H19N3O4S/c1-3-31-24(30)18-10-8-16(9-11-18)20-13-12-19(32-20)14-21-23(29)28-25(33-21)26-22(27-28)17-6-4-15(2)5-7-17/h4-14H,3H2,1-2H3. The molecule has 0 amide bonds. The topological polar surface area (TPSA) is 86.7 Å². The molecule has 5 rings (SSSR count). The van der Waals surface area contributed by atoms with Gasteiger partial charge in [-0.2, -0.15) is 9.50 Å². The summed E-state index contributed by atoms with van der Waals surface area (Å²) in [5, 5.41) is 4.38. The third kappa shape index (κ3) is 4.08. The number of carbonyl (C=O) groups excluding carboxylic acids is 1. The summed E-state index contributed by atoms with van der Waals surface area (Å²) in [6.45, 7) is 4.11. The second kappa shape index (κ2) is 8.48. The van der Waals surface area contributed by atoms with Gasteiger partial charge in [-0.05, 0) is 38.1 Å². The second-order valence-corrected chi connectivity index (χ2v) is 8.42. The maximum Gasteiger partial charge on any atom is 0.338 e. The van der Waals surface area contributed by atoms with E-state index in [1.807, 2.05) is 37.3 Å². The Morgan fingerprint density at radius 1 is 1.06 bits per heavy atom. The van der Waals surface area contributed by atoms with E-state index in [4.69, 9.17) is 9.15 Å². The molecule has 164 valence electrons. The summed E-state index contributed by atoms with van der Waals surface area (Å²) < 4.78 is 12.7. The van der Waals surface area contributed by atoms with Gasteiger partial charge >= 0.3 is 5.97 Å². The average Bonchev–Trinajstić information content (AvgIpc) is 3.52. The molecule has 0 unspecified atom stereocenters. The first-order chi connectivity index (χ1) is 16.0. The van der Waals surface area contributed by atoms with Gasteiger partial charge in [0.1, 0.15) is 16.1 Å². The Hall–Kier alpha value is -4.04. The van der Waals surface area contributed by atoms with Crippen LogP contribution in [0.15, 0.2) is 69.9 Å². The zero-order chi connectivity index (χ0) is 22.9. The summed E-state index contributed by atoms with van der Waals surface area (Å²) in [5.74, 6) is 1.34. The average molecular weight is 458 g/mol. The number of nitrogens with zero attached hydrogens (tertiary/aromatic N) is 3. The van der Waals surface area contributed by atoms with Crippen LogP contribution in [0.5, 0.6) is 0 Å². The Labute approximate surface area is 192 Å². The number of aryl methyl sites for hydroxylation is 1. The van der Waals surface area contributed by atoms with E-state index < -0.39 is 0 Å². The molecular formula is C25H19N3O4S. The number of benzene rings is 2. The van der Waals surface area contributed by atoms with Crippen molar-refractivity contribution in [1.82, 2.24) is 14.6 Å². The highest BCUT2D eigenvalue weighted by Gasteiger charge is 2.13. The number of fused-ring (bicyclic) bond motifs is 1. The Morgan fingerprint density at radius 2 is 1.79 bits per heavy atom. The van der Waals surface area contributed by atoms with Crippen molar-refractivity contribution in [3.8, 4) is 22.7 Å². The van der Waals surface area contributed by atoms with E-state index in [0.29, 0.717) is 39.0 Å². The summed E-state index contributed by atoms with van der Waals surface area (Å²) in [7, 11) is 0. The predicted octanol–water partition coefficient (Wildman–Crippen LogP) is 4.11. The van der Waals surface area contributed by atoms with Crippen LogP contribution in [0, 0.1) is 6.92 Å². The number of rotatable bonds is 5. The Bertz CT molecular complexity index is 1560. The van der Waals surface area contributed by atoms with E-state index in [0.717, 1.165) is 16.7 Å². The maximum absolute atomic E-state index is 12.8. The van der Waals surface area contributed by atoms with E-state index in [9.17, 15) is 9.59 Å². The number of hydrogen-bond acceptors (Lipinski definition) is 7. The monoisotopic (exact) mass is 457 g/mol. The Kier molecular flexibility index (Phi) is 5.35. The number of esters is 1. The van der Waals surface area contributed by atoms with Crippen LogP contribution in [0.4, 0.5) is 0 Å². The fraction of sp³-hybridized carbons (Fsp3) is 0.120. The van der Waals surface area contributed by atoms with Crippen molar-refractivity contribution in [1.29, 1.82) is 0 Å². The number of furan rings is 1. The molecule has 0 N–H and O–H groups in total. The van der Waals surface area contributed by atoms with Gasteiger partial charge in [-0.3, -0.25) is 4.79 Å². The molecular weight excluding hydrogens is 438 g/mol. The summed E-state index contributed by atoms with van der Waals surface area (Å²) in [5.41, 5.74) is 3.07. The number of carbonyl (C=O) groups is 1. The van der Waals surface area contributed by atoms with E-state index in [1.165, 1.54) is 15.9 Å². The van der Waals surface area contributed by atoms with Crippen molar-refractivity contribution < 1.29 is 13.9 Å². The van der Waals surface area contributed by atoms with Crippen molar-refractivity contribution in [2.24, 2.45) is 0 Å². The minimum absolute atomic E-state index is 0.238. The van der Waals surface area contributed by atoms with E-state index >= 15 is 0 Å². The van der Waals surface area contributed by atoms with E-state index in [-0.39, 0.29) is 11.5 Å². The molecule has 5 aromatic rings. The largest absolute Gasteiger partial charge is 0.462 e. The number of aromatic nitrogens is 3. The van der Waals surface area contributed by atoms with Crippen LogP contribution >= 0.6 is 11.3 Å². The van der Waals surface area contributed by atoms with Crippen LogP contribution < -0.4 is 10.1 Å². The summed E-state index contributed by atoms with van der Waals surface area (Å²) in [6.07, 6.45) is 1.69. The molecule has 0 bridgehead atoms. The van der Waals surface area contributed by atoms with Gasteiger partial charge in [0.2, 0.25) is 4.96 Å². The molecule has 33 heavy (non-hydrogen) atoms. The molecule has 3 aromatic heterocycles. The van der Waals surface area contributed by atoms with Gasteiger partial charge in [-0.25, -0.2) is 4.79 Å². The lowest BCUT2D eigenvalue weighted by Gasteiger charge is -2.02. The molecule has 0 saturated carbocycles.